The van der Waals surface area contributed by atoms with Crippen LogP contribution in [0.3, 0.4) is 0 Å². The molecule has 0 radical (unpaired) electrons. The van der Waals surface area contributed by atoms with Gasteiger partial charge < -0.3 is 4.42 Å². The number of carbonyl (C=O) groups excluding carboxylic acids is 1. The molecule has 0 saturated heterocycles. The highest BCUT2D eigenvalue weighted by Gasteiger charge is 2.13. The minimum atomic E-state index is -0.517. The van der Waals surface area contributed by atoms with Gasteiger partial charge in [0.25, 0.3) is 0 Å². The van der Waals surface area contributed by atoms with E-state index in [9.17, 15) is 9.59 Å². The lowest BCUT2D eigenvalue weighted by molar-refractivity contribution is 0.103. The molecule has 0 saturated carbocycles. The average molecular weight is 267 g/mol. The topological polar surface area (TPSA) is 63.1 Å². The summed E-state index contributed by atoms with van der Waals surface area (Å²) in [6.45, 7) is 3.85. The van der Waals surface area contributed by atoms with Gasteiger partial charge in [-0.25, -0.2) is 4.79 Å². The molecule has 0 fully saturated rings. The maximum absolute atomic E-state index is 12.5. The third-order valence-corrected chi connectivity index (χ3v) is 3.32. The number of rotatable bonds is 2. The first-order valence-electron chi connectivity index (χ1n) is 6.29. The van der Waals surface area contributed by atoms with Crippen molar-refractivity contribution in [2.75, 3.05) is 0 Å². The number of oxazole rings is 1. The molecule has 0 aliphatic rings. The summed E-state index contributed by atoms with van der Waals surface area (Å²) in [5.41, 5.74) is 4.12. The lowest BCUT2D eigenvalue weighted by Crippen LogP contribution is -2.04. The number of aromatic nitrogens is 1. The van der Waals surface area contributed by atoms with E-state index in [0.717, 1.165) is 11.1 Å². The number of carbonyl (C=O) groups is 1. The van der Waals surface area contributed by atoms with Crippen molar-refractivity contribution in [2.45, 2.75) is 13.8 Å². The number of fused-ring (bicyclic) bond motifs is 1. The maximum Gasteiger partial charge on any atom is 0.417 e. The van der Waals surface area contributed by atoms with Crippen LogP contribution in [0.1, 0.15) is 27.0 Å². The summed E-state index contributed by atoms with van der Waals surface area (Å²) < 4.78 is 4.99. The highest BCUT2D eigenvalue weighted by atomic mass is 16.4. The van der Waals surface area contributed by atoms with Gasteiger partial charge in [0.2, 0.25) is 0 Å². The van der Waals surface area contributed by atoms with Gasteiger partial charge >= 0.3 is 5.76 Å². The Morgan fingerprint density at radius 2 is 1.90 bits per heavy atom. The van der Waals surface area contributed by atoms with Crippen LogP contribution in [-0.2, 0) is 0 Å². The number of nitrogens with one attached hydrogen (secondary N) is 1. The van der Waals surface area contributed by atoms with Gasteiger partial charge in [-0.3, -0.25) is 9.78 Å². The highest BCUT2D eigenvalue weighted by Crippen LogP contribution is 2.19. The van der Waals surface area contributed by atoms with Crippen LogP contribution >= 0.6 is 0 Å². The molecular formula is C16H13NO3. The molecule has 4 heteroatoms. The molecule has 0 atom stereocenters. The molecule has 1 N–H and O–H groups in total. The fraction of sp³-hybridized carbons (Fsp3) is 0.125. The van der Waals surface area contributed by atoms with Crippen molar-refractivity contribution in [1.29, 1.82) is 0 Å². The summed E-state index contributed by atoms with van der Waals surface area (Å²) >= 11 is 0. The number of aryl methyl sites for hydroxylation is 2. The summed E-state index contributed by atoms with van der Waals surface area (Å²) in [6, 6.07) is 10.7. The monoisotopic (exact) mass is 267 g/mol. The molecule has 0 unspecified atom stereocenters. The Morgan fingerprint density at radius 3 is 2.70 bits per heavy atom. The normalized spacial score (nSPS) is 10.9. The van der Waals surface area contributed by atoms with E-state index in [1.54, 1.807) is 18.2 Å². The SMILES string of the molecule is Cc1ccc(C)c(C(=O)c2ccc3[nH]c(=O)oc3c2)c1. The quantitative estimate of drug-likeness (QED) is 0.726. The molecule has 0 aliphatic carbocycles. The van der Waals surface area contributed by atoms with Crippen LogP contribution in [0.25, 0.3) is 11.1 Å². The van der Waals surface area contributed by atoms with Crippen molar-refractivity contribution in [1.82, 2.24) is 4.98 Å². The molecule has 3 rings (SSSR count). The molecular weight excluding hydrogens is 254 g/mol. The first kappa shape index (κ1) is 12.4. The van der Waals surface area contributed by atoms with Crippen molar-refractivity contribution in [2.24, 2.45) is 0 Å². The van der Waals surface area contributed by atoms with Crippen LogP contribution in [0.5, 0.6) is 0 Å². The molecule has 0 bridgehead atoms. The van der Waals surface area contributed by atoms with Gasteiger partial charge in [-0.2, -0.15) is 0 Å². The second kappa shape index (κ2) is 4.49. The minimum absolute atomic E-state index is 0.0723. The van der Waals surface area contributed by atoms with Gasteiger partial charge in [-0.1, -0.05) is 17.7 Å². The van der Waals surface area contributed by atoms with Crippen LogP contribution in [0.15, 0.2) is 45.6 Å². The fourth-order valence-corrected chi connectivity index (χ4v) is 2.22. The fourth-order valence-electron chi connectivity index (χ4n) is 2.22. The Balaban J connectivity index is 2.12. The van der Waals surface area contributed by atoms with Crippen molar-refractivity contribution in [3.8, 4) is 0 Å². The molecule has 20 heavy (non-hydrogen) atoms. The number of ketones is 1. The molecule has 2 aromatic carbocycles. The highest BCUT2D eigenvalue weighted by molar-refractivity contribution is 6.11. The average Bonchev–Trinajstić information content (AvgIpc) is 2.79. The molecule has 0 amide bonds. The molecule has 4 nitrogen and oxygen atoms in total. The van der Waals surface area contributed by atoms with Gasteiger partial charge in [-0.15, -0.1) is 0 Å². The summed E-state index contributed by atoms with van der Waals surface area (Å²) in [4.78, 5) is 26.2. The zero-order chi connectivity index (χ0) is 14.3. The van der Waals surface area contributed by atoms with E-state index in [4.69, 9.17) is 4.42 Å². The molecule has 3 aromatic rings. The Labute approximate surface area is 115 Å². The van der Waals surface area contributed by atoms with E-state index in [1.807, 2.05) is 32.0 Å². The minimum Gasteiger partial charge on any atom is -0.408 e. The van der Waals surface area contributed by atoms with Gasteiger partial charge in [0, 0.05) is 11.1 Å². The third-order valence-electron chi connectivity index (χ3n) is 3.32. The van der Waals surface area contributed by atoms with Gasteiger partial charge in [0.05, 0.1) is 5.52 Å². The van der Waals surface area contributed by atoms with Gasteiger partial charge in [0.15, 0.2) is 11.4 Å². The lowest BCUT2D eigenvalue weighted by atomic mass is 9.97. The van der Waals surface area contributed by atoms with Crippen LogP contribution in [0, 0.1) is 13.8 Å². The maximum atomic E-state index is 12.5. The number of aromatic amines is 1. The zero-order valence-electron chi connectivity index (χ0n) is 11.2. The first-order valence-corrected chi connectivity index (χ1v) is 6.29. The zero-order valence-corrected chi connectivity index (χ0v) is 11.2. The van der Waals surface area contributed by atoms with Crippen LogP contribution in [0.4, 0.5) is 0 Å². The smallest absolute Gasteiger partial charge is 0.408 e. The second-order valence-corrected chi connectivity index (χ2v) is 4.87. The first-order chi connectivity index (χ1) is 9.54. The van der Waals surface area contributed by atoms with Crippen LogP contribution < -0.4 is 5.76 Å². The molecule has 1 aromatic heterocycles. The van der Waals surface area contributed by atoms with E-state index in [0.29, 0.717) is 22.2 Å². The van der Waals surface area contributed by atoms with E-state index < -0.39 is 5.76 Å². The van der Waals surface area contributed by atoms with E-state index >= 15 is 0 Å². The van der Waals surface area contributed by atoms with Crippen LogP contribution in [0.2, 0.25) is 0 Å². The summed E-state index contributed by atoms with van der Waals surface area (Å²) in [5.74, 6) is -0.590. The predicted molar refractivity (Wildman–Crippen MR) is 76.2 cm³/mol. The van der Waals surface area contributed by atoms with Crippen molar-refractivity contribution in [3.05, 3.63) is 69.2 Å². The molecule has 0 aliphatic heterocycles. The predicted octanol–water partition coefficient (Wildman–Crippen LogP) is 2.97. The number of H-pyrrole nitrogens is 1. The largest absolute Gasteiger partial charge is 0.417 e. The van der Waals surface area contributed by atoms with E-state index in [2.05, 4.69) is 4.98 Å². The van der Waals surface area contributed by atoms with E-state index in [1.165, 1.54) is 0 Å². The Hall–Kier alpha value is -2.62. The number of hydrogen-bond acceptors (Lipinski definition) is 3. The van der Waals surface area contributed by atoms with Crippen LogP contribution in [-0.4, -0.2) is 10.8 Å². The summed E-state index contributed by atoms with van der Waals surface area (Å²) in [7, 11) is 0. The Morgan fingerprint density at radius 1 is 1.10 bits per heavy atom. The molecule has 100 valence electrons. The van der Waals surface area contributed by atoms with Gasteiger partial charge in [0.1, 0.15) is 0 Å². The second-order valence-electron chi connectivity index (χ2n) is 4.87. The van der Waals surface area contributed by atoms with Crippen molar-refractivity contribution in [3.63, 3.8) is 0 Å². The van der Waals surface area contributed by atoms with Gasteiger partial charge in [-0.05, 0) is 43.7 Å². The standard InChI is InChI=1S/C16H13NO3/c1-9-3-4-10(2)12(7-9)15(18)11-5-6-13-14(8-11)20-16(19)17-13/h3-8H,1-2H3,(H,17,19). The number of benzene rings is 2. The summed E-state index contributed by atoms with van der Waals surface area (Å²) in [5, 5.41) is 0. The molecule has 1 heterocycles. The molecule has 0 spiro atoms. The van der Waals surface area contributed by atoms with Crippen molar-refractivity contribution >= 4 is 16.9 Å². The van der Waals surface area contributed by atoms with Crippen molar-refractivity contribution < 1.29 is 9.21 Å². The Bertz CT molecular complexity index is 871. The number of hydrogen-bond donors (Lipinski definition) is 1. The summed E-state index contributed by atoms with van der Waals surface area (Å²) in [6.07, 6.45) is 0. The Kier molecular flexibility index (Phi) is 2.79. The van der Waals surface area contributed by atoms with E-state index in [-0.39, 0.29) is 5.78 Å². The third kappa shape index (κ3) is 2.05. The lowest BCUT2D eigenvalue weighted by Gasteiger charge is -2.06.